The molecule has 0 atom stereocenters. The van der Waals surface area contributed by atoms with Crippen LogP contribution in [0.15, 0.2) is 10.2 Å². The smallest absolute Gasteiger partial charge is 0.340 e. The first-order valence-corrected chi connectivity index (χ1v) is 5.46. The molecule has 0 aromatic rings. The molecule has 0 aliphatic rings. The summed E-state index contributed by atoms with van der Waals surface area (Å²) in [5, 5.41) is 47.5. The molecular weight excluding hydrogens is 360 g/mol. The molecular formula is C5H6N10O10. The van der Waals surface area contributed by atoms with Gasteiger partial charge in [-0.15, -0.1) is 0 Å². The van der Waals surface area contributed by atoms with Crippen molar-refractivity contribution >= 4 is 0 Å². The Bertz CT molecular complexity index is 568. The summed E-state index contributed by atoms with van der Waals surface area (Å²) in [6.07, 6.45) is 0. The summed E-state index contributed by atoms with van der Waals surface area (Å²) in [4.78, 5) is 40.4. The summed E-state index contributed by atoms with van der Waals surface area (Å²) in [6.45, 7) is -4.07. The predicted molar refractivity (Wildman–Crippen MR) is 68.5 cm³/mol. The van der Waals surface area contributed by atoms with E-state index in [1.807, 2.05) is 9.82 Å². The average Bonchev–Trinajstić information content (AvgIpc) is 2.51. The highest BCUT2D eigenvalue weighted by atomic mass is 16.7. The van der Waals surface area contributed by atoms with Gasteiger partial charge in [0.05, 0.1) is 10.2 Å². The molecule has 0 aliphatic carbocycles. The van der Waals surface area contributed by atoms with Gasteiger partial charge in [0.15, 0.2) is 13.2 Å². The van der Waals surface area contributed by atoms with E-state index in [2.05, 4.69) is 19.7 Å². The first kappa shape index (κ1) is 21.1. The number of nitrogens with zero attached hydrogens (tertiary/aromatic N) is 10. The van der Waals surface area contributed by atoms with Gasteiger partial charge in [-0.3, -0.25) is 40.5 Å². The largest absolute Gasteiger partial charge is 0.568 e. The van der Waals surface area contributed by atoms with Crippen molar-refractivity contribution < 1.29 is 29.2 Å². The number of rotatable bonds is 12. The van der Waals surface area contributed by atoms with Crippen molar-refractivity contribution in [3.63, 3.8) is 0 Å². The van der Waals surface area contributed by atoms with E-state index >= 15 is 0 Å². The molecule has 20 heteroatoms. The third kappa shape index (κ3) is 4.56. The third-order valence-electron chi connectivity index (χ3n) is 2.34. The quantitative estimate of drug-likeness (QED) is 0.0846. The molecule has 0 amide bonds. The maximum Gasteiger partial charge on any atom is 0.568 e. The molecule has 20 nitrogen and oxygen atoms in total. The fraction of sp³-hybridized carbons (Fsp3) is 1.00. The van der Waals surface area contributed by atoms with Gasteiger partial charge in [-0.1, -0.05) is 0 Å². The molecule has 0 saturated heterocycles. The number of hydrogen-bond acceptors (Lipinski definition) is 12. The van der Waals surface area contributed by atoms with Crippen molar-refractivity contribution in [1.82, 2.24) is 0 Å². The molecule has 0 unspecified atom stereocenters. The minimum atomic E-state index is -3.44. The van der Waals surface area contributed by atoms with Crippen molar-refractivity contribution in [1.29, 1.82) is 0 Å². The minimum absolute atomic E-state index is 1.16. The molecule has 0 aliphatic heterocycles. The highest BCUT2D eigenvalue weighted by Crippen LogP contribution is 2.16. The van der Waals surface area contributed by atoms with Crippen molar-refractivity contribution in [3.05, 3.63) is 61.3 Å². The summed E-state index contributed by atoms with van der Waals surface area (Å²) in [5.74, 6) is -6.88. The standard InChI is InChI=1S/C5H6N10O10/c6-10-8-4(12(16)17,13(18)19)1-24-3-25-2-5(9-11-7,14(20)21)15(22)23/h1-3H2. The highest BCUT2D eigenvalue weighted by Gasteiger charge is 2.58. The zero-order valence-corrected chi connectivity index (χ0v) is 11.7. The second-order valence-corrected chi connectivity index (χ2v) is 3.77. The first-order valence-electron chi connectivity index (χ1n) is 5.46. The monoisotopic (exact) mass is 366 g/mol. The van der Waals surface area contributed by atoms with Crippen LogP contribution in [-0.4, -0.2) is 51.3 Å². The number of nitro groups is 4. The van der Waals surface area contributed by atoms with Crippen molar-refractivity contribution in [2.24, 2.45) is 10.2 Å². The van der Waals surface area contributed by atoms with Crippen LogP contribution in [0.4, 0.5) is 0 Å². The Labute approximate surface area is 133 Å². The molecule has 136 valence electrons. The van der Waals surface area contributed by atoms with E-state index in [-0.39, 0.29) is 0 Å². The maximum atomic E-state index is 10.7. The van der Waals surface area contributed by atoms with E-state index in [1.165, 1.54) is 0 Å². The van der Waals surface area contributed by atoms with Crippen LogP contribution in [0.3, 0.4) is 0 Å². The molecule has 0 heterocycles. The third-order valence-corrected chi connectivity index (χ3v) is 2.34. The van der Waals surface area contributed by atoms with Gasteiger partial charge in [0.1, 0.15) is 26.5 Å². The molecule has 0 N–H and O–H groups in total. The molecule has 0 spiro atoms. The van der Waals surface area contributed by atoms with E-state index in [1.54, 1.807) is 0 Å². The van der Waals surface area contributed by atoms with Crippen molar-refractivity contribution in [2.45, 2.75) is 11.6 Å². The van der Waals surface area contributed by atoms with Gasteiger partial charge in [-0.25, -0.2) is 0 Å². The van der Waals surface area contributed by atoms with Gasteiger partial charge in [0.2, 0.25) is 0 Å². The van der Waals surface area contributed by atoms with Crippen LogP contribution < -0.4 is 0 Å². The Kier molecular flexibility index (Phi) is 7.35. The molecule has 0 fully saturated rings. The maximum absolute atomic E-state index is 10.7. The number of hydrogen-bond donors (Lipinski definition) is 0. The van der Waals surface area contributed by atoms with Crippen molar-refractivity contribution in [3.8, 4) is 0 Å². The molecule has 0 aromatic carbocycles. The Morgan fingerprint density at radius 3 is 1.24 bits per heavy atom. The normalized spacial score (nSPS) is 10.9. The lowest BCUT2D eigenvalue weighted by molar-refractivity contribution is -0.799. The van der Waals surface area contributed by atoms with Gasteiger partial charge in [-0.2, -0.15) is 0 Å². The van der Waals surface area contributed by atoms with Crippen LogP contribution in [0, 0.1) is 40.5 Å². The van der Waals surface area contributed by atoms with Gasteiger partial charge >= 0.3 is 11.6 Å². The average molecular weight is 366 g/mol. The topological polar surface area (TPSA) is 289 Å². The van der Waals surface area contributed by atoms with Crippen LogP contribution >= 0.6 is 0 Å². The lowest BCUT2D eigenvalue weighted by atomic mass is 10.4. The van der Waals surface area contributed by atoms with Crippen LogP contribution in [0.25, 0.3) is 20.9 Å². The van der Waals surface area contributed by atoms with Gasteiger partial charge < -0.3 is 9.47 Å². The molecule has 25 heavy (non-hydrogen) atoms. The van der Waals surface area contributed by atoms with Gasteiger partial charge in [0.25, 0.3) is 0 Å². The summed E-state index contributed by atoms with van der Waals surface area (Å²) < 4.78 is 8.71. The zero-order chi connectivity index (χ0) is 19.7. The van der Waals surface area contributed by atoms with Gasteiger partial charge in [-0.05, 0) is 11.1 Å². The van der Waals surface area contributed by atoms with E-state index in [0.29, 0.717) is 0 Å². The SMILES string of the molecule is [N-]=[N+]=NC(COCOCC(N=[N+]=[N-])([N+](=O)[O-])[N+](=O)[O-])([N+](=O)[O-])[N+](=O)[O-]. The second kappa shape index (κ2) is 8.69. The molecule has 0 saturated carbocycles. The molecule has 0 bridgehead atoms. The molecule has 0 radical (unpaired) electrons. The highest BCUT2D eigenvalue weighted by molar-refractivity contribution is 4.65. The second-order valence-electron chi connectivity index (χ2n) is 3.77. The van der Waals surface area contributed by atoms with E-state index in [0.717, 1.165) is 0 Å². The molecule has 0 rings (SSSR count). The van der Waals surface area contributed by atoms with E-state index < -0.39 is 51.3 Å². The summed E-state index contributed by atoms with van der Waals surface area (Å²) in [5.41, 5.74) is 16.3. The lowest BCUT2D eigenvalue weighted by Gasteiger charge is -2.13. The van der Waals surface area contributed by atoms with Gasteiger partial charge in [0, 0.05) is 9.82 Å². The fourth-order valence-electron chi connectivity index (χ4n) is 1.11. The lowest BCUT2D eigenvalue weighted by Crippen LogP contribution is -2.49. The Morgan fingerprint density at radius 1 is 0.760 bits per heavy atom. The first-order chi connectivity index (χ1) is 11.6. The fourth-order valence-corrected chi connectivity index (χ4v) is 1.11. The zero-order valence-electron chi connectivity index (χ0n) is 11.7. The number of azide groups is 2. The Balaban J connectivity index is 5.01. The van der Waals surface area contributed by atoms with E-state index in [4.69, 9.17) is 11.1 Å². The van der Waals surface area contributed by atoms with Crippen LogP contribution in [0.2, 0.25) is 0 Å². The number of ether oxygens (including phenoxy) is 2. The predicted octanol–water partition coefficient (Wildman–Crippen LogP) is 0.0121. The van der Waals surface area contributed by atoms with Crippen molar-refractivity contribution in [2.75, 3.05) is 20.0 Å². The van der Waals surface area contributed by atoms with Crippen LogP contribution in [0.1, 0.15) is 0 Å². The summed E-state index contributed by atoms with van der Waals surface area (Å²) in [6, 6.07) is 0. The van der Waals surface area contributed by atoms with E-state index in [9.17, 15) is 40.5 Å². The summed E-state index contributed by atoms with van der Waals surface area (Å²) >= 11 is 0. The summed E-state index contributed by atoms with van der Waals surface area (Å²) in [7, 11) is 0. The minimum Gasteiger partial charge on any atom is -0.340 e. The van der Waals surface area contributed by atoms with Crippen LogP contribution in [-0.2, 0) is 9.47 Å². The Hall–Kier alpha value is -3.86. The molecule has 0 aromatic heterocycles. The van der Waals surface area contributed by atoms with Crippen LogP contribution in [0.5, 0.6) is 0 Å². The Morgan fingerprint density at radius 2 is 1.04 bits per heavy atom.